The van der Waals surface area contributed by atoms with Gasteiger partial charge in [0, 0.05) is 18.0 Å². The minimum Gasteiger partial charge on any atom is -0.497 e. The van der Waals surface area contributed by atoms with Crippen LogP contribution < -0.4 is 20.1 Å². The number of anilines is 3. The molecule has 0 fully saturated rings. The Morgan fingerprint density at radius 2 is 1.71 bits per heavy atom. The van der Waals surface area contributed by atoms with E-state index in [0.717, 1.165) is 16.8 Å². The molecule has 0 unspecified atom stereocenters. The average Bonchev–Trinajstić information content (AvgIpc) is 2.71. The Bertz CT molecular complexity index is 965. The molecule has 0 atom stereocenters. The molecule has 0 aliphatic carbocycles. The van der Waals surface area contributed by atoms with Gasteiger partial charge in [-0.15, -0.1) is 0 Å². The molecule has 3 aromatic rings. The second-order valence-electron chi connectivity index (χ2n) is 6.34. The first-order chi connectivity index (χ1) is 13.5. The number of carbonyl (C=O) groups excluding carboxylic acids is 1. The molecule has 0 aliphatic heterocycles. The maximum absolute atomic E-state index is 12.6. The van der Waals surface area contributed by atoms with E-state index in [4.69, 9.17) is 9.47 Å². The zero-order valence-corrected chi connectivity index (χ0v) is 16.4. The molecule has 0 saturated carbocycles. The number of nitrogens with one attached hydrogen (secondary N) is 2. The number of para-hydroxylation sites is 1. The Hall–Kier alpha value is -3.54. The smallest absolute Gasteiger partial charge is 0.257 e. The normalized spacial score (nSPS) is 10.3. The topological polar surface area (TPSA) is 72.5 Å². The third kappa shape index (κ3) is 4.23. The highest BCUT2D eigenvalue weighted by Gasteiger charge is 2.12. The van der Waals surface area contributed by atoms with Crippen molar-refractivity contribution in [3.63, 3.8) is 0 Å². The van der Waals surface area contributed by atoms with Gasteiger partial charge in [0.2, 0.25) is 0 Å². The first kappa shape index (κ1) is 19.2. The Morgan fingerprint density at radius 3 is 2.32 bits per heavy atom. The predicted octanol–water partition coefficient (Wildman–Crippen LogP) is 4.71. The van der Waals surface area contributed by atoms with Crippen LogP contribution in [0, 0.1) is 13.8 Å². The van der Waals surface area contributed by atoms with E-state index in [1.165, 1.54) is 0 Å². The average molecular weight is 377 g/mol. The minimum absolute atomic E-state index is 0.269. The van der Waals surface area contributed by atoms with E-state index in [-0.39, 0.29) is 5.91 Å². The van der Waals surface area contributed by atoms with E-state index in [0.29, 0.717) is 28.6 Å². The molecule has 6 nitrogen and oxygen atoms in total. The van der Waals surface area contributed by atoms with Crippen molar-refractivity contribution in [2.24, 2.45) is 0 Å². The summed E-state index contributed by atoms with van der Waals surface area (Å²) in [6, 6.07) is 14.8. The van der Waals surface area contributed by atoms with Crippen molar-refractivity contribution in [2.45, 2.75) is 13.8 Å². The fourth-order valence-corrected chi connectivity index (χ4v) is 2.84. The monoisotopic (exact) mass is 377 g/mol. The van der Waals surface area contributed by atoms with Gasteiger partial charge in [-0.05, 0) is 49.2 Å². The van der Waals surface area contributed by atoms with E-state index in [9.17, 15) is 4.79 Å². The molecule has 6 heteroatoms. The number of carbonyl (C=O) groups is 1. The van der Waals surface area contributed by atoms with Crippen molar-refractivity contribution in [3.8, 4) is 11.5 Å². The van der Waals surface area contributed by atoms with Gasteiger partial charge in [-0.25, -0.2) is 4.98 Å². The quantitative estimate of drug-likeness (QED) is 0.651. The number of methoxy groups -OCH3 is 2. The summed E-state index contributed by atoms with van der Waals surface area (Å²) in [6.07, 6.45) is 1.54. The summed E-state index contributed by atoms with van der Waals surface area (Å²) in [4.78, 5) is 16.9. The van der Waals surface area contributed by atoms with Gasteiger partial charge in [-0.3, -0.25) is 4.79 Å². The fraction of sp³-hybridized carbons (Fsp3) is 0.182. The molecule has 0 radical (unpaired) electrons. The van der Waals surface area contributed by atoms with Crippen LogP contribution in [-0.2, 0) is 0 Å². The lowest BCUT2D eigenvalue weighted by Crippen LogP contribution is -2.13. The Balaban J connectivity index is 1.74. The second kappa shape index (κ2) is 8.43. The lowest BCUT2D eigenvalue weighted by molar-refractivity contribution is 0.102. The number of benzene rings is 2. The maximum atomic E-state index is 12.6. The van der Waals surface area contributed by atoms with Crippen molar-refractivity contribution in [3.05, 3.63) is 71.4 Å². The highest BCUT2D eigenvalue weighted by molar-refractivity contribution is 6.05. The molecule has 0 spiro atoms. The largest absolute Gasteiger partial charge is 0.497 e. The summed E-state index contributed by atoms with van der Waals surface area (Å²) in [5.41, 5.74) is 4.30. The highest BCUT2D eigenvalue weighted by atomic mass is 16.5. The van der Waals surface area contributed by atoms with Crippen LogP contribution in [0.1, 0.15) is 21.5 Å². The minimum atomic E-state index is -0.269. The lowest BCUT2D eigenvalue weighted by atomic mass is 10.1. The van der Waals surface area contributed by atoms with Crippen molar-refractivity contribution >= 4 is 23.1 Å². The van der Waals surface area contributed by atoms with E-state index in [1.807, 2.05) is 32.0 Å². The molecular formula is C22H23N3O3. The van der Waals surface area contributed by atoms with E-state index >= 15 is 0 Å². The van der Waals surface area contributed by atoms with Crippen LogP contribution in [0.4, 0.5) is 17.2 Å². The number of ether oxygens (including phenoxy) is 2. The highest BCUT2D eigenvalue weighted by Crippen LogP contribution is 2.29. The number of aromatic nitrogens is 1. The van der Waals surface area contributed by atoms with Crippen LogP contribution >= 0.6 is 0 Å². The van der Waals surface area contributed by atoms with E-state index < -0.39 is 0 Å². The van der Waals surface area contributed by atoms with Gasteiger partial charge >= 0.3 is 0 Å². The van der Waals surface area contributed by atoms with Gasteiger partial charge in [0.05, 0.1) is 25.5 Å². The lowest BCUT2D eigenvalue weighted by Gasteiger charge is -2.13. The molecule has 0 aliphatic rings. The fourth-order valence-electron chi connectivity index (χ4n) is 2.84. The number of aryl methyl sites for hydroxylation is 2. The summed E-state index contributed by atoms with van der Waals surface area (Å²) >= 11 is 0. The molecule has 2 aromatic carbocycles. The number of nitrogens with zero attached hydrogens (tertiary/aromatic N) is 1. The Morgan fingerprint density at radius 1 is 0.964 bits per heavy atom. The molecule has 28 heavy (non-hydrogen) atoms. The van der Waals surface area contributed by atoms with Crippen molar-refractivity contribution < 1.29 is 14.3 Å². The first-order valence-electron chi connectivity index (χ1n) is 8.84. The second-order valence-corrected chi connectivity index (χ2v) is 6.34. The number of rotatable bonds is 6. The summed E-state index contributed by atoms with van der Waals surface area (Å²) in [6.45, 7) is 4.08. The summed E-state index contributed by atoms with van der Waals surface area (Å²) in [7, 11) is 3.12. The maximum Gasteiger partial charge on any atom is 0.257 e. The molecule has 1 heterocycles. The molecule has 0 bridgehead atoms. The van der Waals surface area contributed by atoms with Crippen LogP contribution in [0.5, 0.6) is 11.5 Å². The molecular weight excluding hydrogens is 354 g/mol. The number of hydrogen-bond donors (Lipinski definition) is 2. The van der Waals surface area contributed by atoms with Gasteiger partial charge in [0.25, 0.3) is 5.91 Å². The predicted molar refractivity (Wildman–Crippen MR) is 111 cm³/mol. The summed E-state index contributed by atoms with van der Waals surface area (Å²) in [5.74, 6) is 1.58. The van der Waals surface area contributed by atoms with Gasteiger partial charge < -0.3 is 20.1 Å². The van der Waals surface area contributed by atoms with Gasteiger partial charge in [-0.2, -0.15) is 0 Å². The van der Waals surface area contributed by atoms with Crippen LogP contribution in [0.15, 0.2) is 54.7 Å². The SMILES string of the molecule is COc1ccc(NC(=O)c2ccc(Nc3c(C)cccc3C)nc2)c(OC)c1. The van der Waals surface area contributed by atoms with Crippen molar-refractivity contribution in [1.82, 2.24) is 4.98 Å². The third-order valence-electron chi connectivity index (χ3n) is 4.42. The standard InChI is InChI=1S/C22H23N3O3/c1-14-6-5-7-15(2)21(14)25-20-11-8-16(13-23-20)22(26)24-18-10-9-17(27-3)12-19(18)28-4/h5-13H,1-4H3,(H,23,25)(H,24,26). The van der Waals surface area contributed by atoms with Crippen LogP contribution in [0.3, 0.4) is 0 Å². The summed E-state index contributed by atoms with van der Waals surface area (Å²) < 4.78 is 10.5. The van der Waals surface area contributed by atoms with Crippen molar-refractivity contribution in [1.29, 1.82) is 0 Å². The Kier molecular flexibility index (Phi) is 5.79. The molecule has 1 aromatic heterocycles. The molecule has 3 rings (SSSR count). The van der Waals surface area contributed by atoms with Gasteiger partial charge in [0.15, 0.2) is 0 Å². The molecule has 1 amide bonds. The first-order valence-corrected chi connectivity index (χ1v) is 8.84. The molecule has 144 valence electrons. The van der Waals surface area contributed by atoms with Crippen LogP contribution in [0.25, 0.3) is 0 Å². The van der Waals surface area contributed by atoms with Gasteiger partial charge in [-0.1, -0.05) is 18.2 Å². The van der Waals surface area contributed by atoms with Crippen molar-refractivity contribution in [2.75, 3.05) is 24.9 Å². The third-order valence-corrected chi connectivity index (χ3v) is 4.42. The van der Waals surface area contributed by atoms with E-state index in [2.05, 4.69) is 15.6 Å². The number of amides is 1. The molecule has 2 N–H and O–H groups in total. The van der Waals surface area contributed by atoms with Crippen LogP contribution in [-0.4, -0.2) is 25.1 Å². The number of pyridine rings is 1. The zero-order chi connectivity index (χ0) is 20.1. The Labute approximate surface area is 164 Å². The van der Waals surface area contributed by atoms with E-state index in [1.54, 1.807) is 50.7 Å². The van der Waals surface area contributed by atoms with Gasteiger partial charge in [0.1, 0.15) is 17.3 Å². The zero-order valence-electron chi connectivity index (χ0n) is 16.4. The molecule has 0 saturated heterocycles. The summed E-state index contributed by atoms with van der Waals surface area (Å²) in [5, 5.41) is 6.15. The van der Waals surface area contributed by atoms with Crippen LogP contribution in [0.2, 0.25) is 0 Å². The number of hydrogen-bond acceptors (Lipinski definition) is 5.